The van der Waals surface area contributed by atoms with Crippen molar-refractivity contribution >= 4 is 0 Å². The Hall–Kier alpha value is -0.380. The second-order valence-corrected chi connectivity index (χ2v) is 4.72. The van der Waals surface area contributed by atoms with Crippen molar-refractivity contribution in [3.63, 3.8) is 0 Å². The monoisotopic (exact) mass is 197 g/mol. The molecule has 0 aliphatic heterocycles. The van der Waals surface area contributed by atoms with E-state index in [9.17, 15) is 10.2 Å². The summed E-state index contributed by atoms with van der Waals surface area (Å²) >= 11 is 0. The van der Waals surface area contributed by atoms with Crippen molar-refractivity contribution in [2.45, 2.75) is 12.0 Å². The summed E-state index contributed by atoms with van der Waals surface area (Å²) in [5.74, 6) is 1.06. The zero-order valence-electron chi connectivity index (χ0n) is 8.85. The van der Waals surface area contributed by atoms with Gasteiger partial charge in [0.2, 0.25) is 0 Å². The summed E-state index contributed by atoms with van der Waals surface area (Å²) in [5.41, 5.74) is -0.228. The molecule has 80 valence electrons. The van der Waals surface area contributed by atoms with E-state index in [0.717, 1.165) is 6.42 Å². The lowest BCUT2D eigenvalue weighted by molar-refractivity contribution is -0.0153. The van der Waals surface area contributed by atoms with E-state index < -0.39 is 0 Å². The minimum Gasteiger partial charge on any atom is -0.396 e. The van der Waals surface area contributed by atoms with E-state index in [4.69, 9.17) is 0 Å². The zero-order valence-corrected chi connectivity index (χ0v) is 8.85. The smallest absolute Gasteiger partial charge is 0.0624 e. The van der Waals surface area contributed by atoms with Crippen LogP contribution in [0.1, 0.15) is 6.42 Å². The number of hydrogen-bond acceptors (Lipinski definition) is 3. The predicted molar refractivity (Wildman–Crippen MR) is 54.8 cm³/mol. The molecule has 0 aromatic rings. The van der Waals surface area contributed by atoms with Gasteiger partial charge in [-0.3, -0.25) is 0 Å². The van der Waals surface area contributed by atoms with Crippen molar-refractivity contribution < 1.29 is 10.2 Å². The van der Waals surface area contributed by atoms with Crippen LogP contribution in [-0.2, 0) is 0 Å². The Bertz CT molecular complexity index is 252. The molecule has 0 spiro atoms. The first-order valence-corrected chi connectivity index (χ1v) is 5.24. The molecule has 0 aromatic heterocycles. The highest BCUT2D eigenvalue weighted by Crippen LogP contribution is 2.52. The molecule has 0 heterocycles. The van der Waals surface area contributed by atoms with Crippen molar-refractivity contribution in [3.8, 4) is 0 Å². The third kappa shape index (κ3) is 1.03. The Morgan fingerprint density at radius 2 is 2.07 bits per heavy atom. The second kappa shape index (κ2) is 3.33. The number of aliphatic hydroxyl groups excluding tert-OH is 2. The fourth-order valence-corrected chi connectivity index (χ4v) is 3.37. The molecule has 2 aliphatic carbocycles. The topological polar surface area (TPSA) is 43.7 Å². The van der Waals surface area contributed by atoms with Crippen molar-refractivity contribution in [1.29, 1.82) is 0 Å². The van der Waals surface area contributed by atoms with Gasteiger partial charge < -0.3 is 15.1 Å². The highest BCUT2D eigenvalue weighted by Gasteiger charge is 2.56. The Labute approximate surface area is 85.0 Å². The number of aliphatic hydroxyl groups is 2. The maximum absolute atomic E-state index is 9.62. The zero-order chi connectivity index (χ0) is 10.3. The minimum atomic E-state index is -0.228. The van der Waals surface area contributed by atoms with E-state index in [-0.39, 0.29) is 24.7 Å². The van der Waals surface area contributed by atoms with E-state index in [1.54, 1.807) is 0 Å². The first-order chi connectivity index (χ1) is 6.66. The quantitative estimate of drug-likeness (QED) is 0.630. The van der Waals surface area contributed by atoms with Crippen molar-refractivity contribution in [2.75, 3.05) is 27.3 Å². The number of hydrogen-bond donors (Lipinski definition) is 2. The maximum Gasteiger partial charge on any atom is 0.0624 e. The first-order valence-electron chi connectivity index (χ1n) is 5.24. The van der Waals surface area contributed by atoms with E-state index >= 15 is 0 Å². The van der Waals surface area contributed by atoms with Gasteiger partial charge in [-0.2, -0.15) is 0 Å². The van der Waals surface area contributed by atoms with E-state index in [2.05, 4.69) is 17.1 Å². The van der Waals surface area contributed by atoms with Crippen LogP contribution in [-0.4, -0.2) is 48.0 Å². The normalized spacial score (nSPS) is 45.4. The molecule has 3 heteroatoms. The number of allylic oxidation sites excluding steroid dienone is 1. The van der Waals surface area contributed by atoms with Gasteiger partial charge in [-0.15, -0.1) is 0 Å². The van der Waals surface area contributed by atoms with Gasteiger partial charge in [-0.1, -0.05) is 12.2 Å². The van der Waals surface area contributed by atoms with Crippen molar-refractivity contribution in [3.05, 3.63) is 12.2 Å². The average molecular weight is 197 g/mol. The van der Waals surface area contributed by atoms with Crippen LogP contribution in [0.5, 0.6) is 0 Å². The lowest BCUT2D eigenvalue weighted by Crippen LogP contribution is -2.57. The summed E-state index contributed by atoms with van der Waals surface area (Å²) < 4.78 is 0. The fraction of sp³-hybridized carbons (Fsp3) is 0.818. The molecule has 2 bridgehead atoms. The average Bonchev–Trinajstić information content (AvgIpc) is 2.74. The Morgan fingerprint density at radius 3 is 2.50 bits per heavy atom. The van der Waals surface area contributed by atoms with Crippen LogP contribution in [0.4, 0.5) is 0 Å². The summed E-state index contributed by atoms with van der Waals surface area (Å²) in [6.07, 6.45) is 5.49. The number of rotatable bonds is 3. The molecule has 2 aliphatic rings. The van der Waals surface area contributed by atoms with E-state index in [1.807, 2.05) is 14.1 Å². The Balaban J connectivity index is 2.36. The molecule has 0 radical (unpaired) electrons. The van der Waals surface area contributed by atoms with Gasteiger partial charge in [0.15, 0.2) is 0 Å². The molecule has 3 nitrogen and oxygen atoms in total. The van der Waals surface area contributed by atoms with Gasteiger partial charge in [0.1, 0.15) is 0 Å². The lowest BCUT2D eigenvalue weighted by atomic mass is 9.75. The highest BCUT2D eigenvalue weighted by molar-refractivity contribution is 5.23. The summed E-state index contributed by atoms with van der Waals surface area (Å²) in [6, 6.07) is 0. The molecule has 0 unspecified atom stereocenters. The Kier molecular flexibility index (Phi) is 2.41. The number of fused-ring (bicyclic) bond motifs is 2. The van der Waals surface area contributed by atoms with Gasteiger partial charge in [0.25, 0.3) is 0 Å². The van der Waals surface area contributed by atoms with Crippen molar-refractivity contribution in [2.24, 2.45) is 17.8 Å². The molecule has 2 rings (SSSR count). The van der Waals surface area contributed by atoms with Gasteiger partial charge in [-0.05, 0) is 32.4 Å². The van der Waals surface area contributed by atoms with Crippen molar-refractivity contribution in [1.82, 2.24) is 4.90 Å². The van der Waals surface area contributed by atoms with Crippen LogP contribution in [0.15, 0.2) is 12.2 Å². The summed E-state index contributed by atoms with van der Waals surface area (Å²) in [5, 5.41) is 19.1. The summed E-state index contributed by atoms with van der Waals surface area (Å²) in [7, 11) is 3.99. The minimum absolute atomic E-state index is 0.136. The van der Waals surface area contributed by atoms with E-state index in [0.29, 0.717) is 11.8 Å². The fourth-order valence-electron chi connectivity index (χ4n) is 3.37. The first kappa shape index (κ1) is 10.1. The molecule has 0 amide bonds. The van der Waals surface area contributed by atoms with Crippen LogP contribution in [0.2, 0.25) is 0 Å². The molecular formula is C11H19NO2. The second-order valence-electron chi connectivity index (χ2n) is 4.72. The Morgan fingerprint density at radius 1 is 1.36 bits per heavy atom. The lowest BCUT2D eigenvalue weighted by Gasteiger charge is -2.45. The summed E-state index contributed by atoms with van der Waals surface area (Å²) in [6.45, 7) is 0.307. The van der Waals surface area contributed by atoms with Gasteiger partial charge in [-0.25, -0.2) is 0 Å². The van der Waals surface area contributed by atoms with Gasteiger partial charge in [0, 0.05) is 12.5 Å². The van der Waals surface area contributed by atoms with Crippen LogP contribution >= 0.6 is 0 Å². The van der Waals surface area contributed by atoms with E-state index in [1.165, 1.54) is 0 Å². The highest BCUT2D eigenvalue weighted by atomic mass is 16.3. The molecule has 14 heavy (non-hydrogen) atoms. The van der Waals surface area contributed by atoms with Crippen LogP contribution in [0.25, 0.3) is 0 Å². The SMILES string of the molecule is CN(C)[C@]1(CO)[C@@H]2C=C[C@@H](C2)[C@H]1CO. The summed E-state index contributed by atoms with van der Waals surface area (Å²) in [4.78, 5) is 2.09. The molecule has 0 saturated heterocycles. The third-order valence-electron chi connectivity index (χ3n) is 4.20. The standard InChI is InChI=1S/C11H19NO2/c1-12(2)11(7-14)9-4-3-8(5-9)10(11)6-13/h3-4,8-10,13-14H,5-7H2,1-2H3/t8-,9+,10+,11+/m0/s1. The predicted octanol–water partition coefficient (Wildman–Crippen LogP) is 0.0935. The maximum atomic E-state index is 9.62. The molecule has 1 saturated carbocycles. The van der Waals surface area contributed by atoms with Crippen LogP contribution in [0, 0.1) is 17.8 Å². The molecule has 4 atom stereocenters. The van der Waals surface area contributed by atoms with Gasteiger partial charge >= 0.3 is 0 Å². The molecule has 0 aromatic carbocycles. The number of likely N-dealkylation sites (N-methyl/N-ethyl adjacent to an activating group) is 1. The van der Waals surface area contributed by atoms with Crippen LogP contribution in [0.3, 0.4) is 0 Å². The molecule has 2 N–H and O–H groups in total. The molecule has 1 fully saturated rings. The third-order valence-corrected chi connectivity index (χ3v) is 4.20. The van der Waals surface area contributed by atoms with Crippen LogP contribution < -0.4 is 0 Å². The largest absolute Gasteiger partial charge is 0.396 e. The van der Waals surface area contributed by atoms with Gasteiger partial charge in [0.05, 0.1) is 12.1 Å². The number of nitrogens with zero attached hydrogens (tertiary/aromatic N) is 1. The molecular weight excluding hydrogens is 178 g/mol.